The lowest BCUT2D eigenvalue weighted by molar-refractivity contribution is -0.116. The fourth-order valence-electron chi connectivity index (χ4n) is 8.28. The van der Waals surface area contributed by atoms with Gasteiger partial charge in [0, 0.05) is 6.42 Å². The highest BCUT2D eigenvalue weighted by Gasteiger charge is 2.59. The summed E-state index contributed by atoms with van der Waals surface area (Å²) in [5.74, 6) is 3.04. The number of carbonyl (C=O) groups is 1. The molecule has 0 saturated heterocycles. The molecule has 2 aromatic rings. The average Bonchev–Trinajstić information content (AvgIpc) is 3.17. The number of ketones is 1. The number of carbonyl (C=O) groups excluding carboxylic acids is 1. The summed E-state index contributed by atoms with van der Waals surface area (Å²) < 4.78 is 0. The van der Waals surface area contributed by atoms with Crippen molar-refractivity contribution in [3.8, 4) is 17.2 Å². The van der Waals surface area contributed by atoms with E-state index in [0.29, 0.717) is 47.4 Å². The monoisotopic (exact) mass is 451 g/mol. The van der Waals surface area contributed by atoms with Crippen molar-refractivity contribution in [3.05, 3.63) is 71.3 Å². The van der Waals surface area contributed by atoms with E-state index in [1.165, 1.54) is 11.1 Å². The van der Waals surface area contributed by atoms with Gasteiger partial charge < -0.3 is 5.11 Å². The van der Waals surface area contributed by atoms with Crippen LogP contribution in [-0.2, 0) is 4.79 Å². The van der Waals surface area contributed by atoms with Crippen LogP contribution in [0.3, 0.4) is 0 Å². The first-order chi connectivity index (χ1) is 16.5. The number of hydrogen-bond donors (Lipinski definition) is 1. The third kappa shape index (κ3) is 3.38. The highest BCUT2D eigenvalue weighted by molar-refractivity contribution is 5.91. The number of allylic oxidation sites excluding steroid dienone is 1. The standard InChI is InChI=1S/C31H33NO2/c1-31-17-27(22-8-6-21(7-9-22)20-4-2-19(18-32)3-5-20)30-25-13-11-24(33)16-23(25)10-12-26(30)28(31)14-15-29(31)34/h2-9,16,25-30,34H,10-15,17H2,1H3/t25-,26-,27+,28-,29-,30+,31-/m0/s1. The molecule has 3 heteroatoms. The number of aliphatic hydroxyl groups is 1. The van der Waals surface area contributed by atoms with Crippen molar-refractivity contribution >= 4 is 5.78 Å². The van der Waals surface area contributed by atoms with E-state index in [1.807, 2.05) is 30.3 Å². The molecule has 174 valence electrons. The lowest BCUT2D eigenvalue weighted by atomic mass is 9.48. The van der Waals surface area contributed by atoms with Gasteiger partial charge in [-0.15, -0.1) is 0 Å². The zero-order valence-electron chi connectivity index (χ0n) is 19.9. The van der Waals surface area contributed by atoms with Gasteiger partial charge in [-0.1, -0.05) is 48.9 Å². The van der Waals surface area contributed by atoms with Crippen LogP contribution < -0.4 is 0 Å². The predicted molar refractivity (Wildman–Crippen MR) is 133 cm³/mol. The molecule has 3 saturated carbocycles. The average molecular weight is 452 g/mol. The summed E-state index contributed by atoms with van der Waals surface area (Å²) >= 11 is 0. The normalized spacial score (nSPS) is 36.6. The van der Waals surface area contributed by atoms with Crippen molar-refractivity contribution in [2.75, 3.05) is 0 Å². The fourth-order valence-corrected chi connectivity index (χ4v) is 8.28. The summed E-state index contributed by atoms with van der Waals surface area (Å²) in [6.45, 7) is 2.35. The molecule has 0 aromatic heterocycles. The van der Waals surface area contributed by atoms with Crippen molar-refractivity contribution in [3.63, 3.8) is 0 Å². The van der Waals surface area contributed by atoms with Crippen LogP contribution >= 0.6 is 0 Å². The molecule has 0 aliphatic heterocycles. The zero-order chi connectivity index (χ0) is 23.4. The second-order valence-electron chi connectivity index (χ2n) is 11.4. The Hall–Kier alpha value is -2.70. The molecule has 7 atom stereocenters. The molecule has 4 aliphatic carbocycles. The van der Waals surface area contributed by atoms with E-state index in [1.54, 1.807) is 0 Å². The number of rotatable bonds is 2. The second kappa shape index (κ2) is 8.21. The Balaban J connectivity index is 1.37. The molecule has 0 unspecified atom stereocenters. The maximum absolute atomic E-state index is 12.2. The van der Waals surface area contributed by atoms with Crippen LogP contribution in [0.15, 0.2) is 60.2 Å². The van der Waals surface area contributed by atoms with E-state index < -0.39 is 0 Å². The molecule has 4 aliphatic rings. The smallest absolute Gasteiger partial charge is 0.155 e. The van der Waals surface area contributed by atoms with E-state index in [-0.39, 0.29) is 11.5 Å². The topological polar surface area (TPSA) is 61.1 Å². The zero-order valence-corrected chi connectivity index (χ0v) is 19.9. The summed E-state index contributed by atoms with van der Waals surface area (Å²) in [7, 11) is 0. The first kappa shape index (κ1) is 21.8. The van der Waals surface area contributed by atoms with Crippen LogP contribution in [0.2, 0.25) is 0 Å². The number of nitrogens with zero attached hydrogens (tertiary/aromatic N) is 1. The van der Waals surface area contributed by atoms with Crippen LogP contribution in [0.25, 0.3) is 11.1 Å². The van der Waals surface area contributed by atoms with Gasteiger partial charge in [-0.25, -0.2) is 0 Å². The Bertz CT molecular complexity index is 1170. The van der Waals surface area contributed by atoms with Crippen molar-refractivity contribution in [2.45, 2.75) is 63.9 Å². The van der Waals surface area contributed by atoms with Crippen molar-refractivity contribution in [2.24, 2.45) is 29.1 Å². The van der Waals surface area contributed by atoms with Crippen LogP contribution in [0.4, 0.5) is 0 Å². The van der Waals surface area contributed by atoms with Crippen molar-refractivity contribution < 1.29 is 9.90 Å². The Morgan fingerprint density at radius 2 is 1.62 bits per heavy atom. The van der Waals surface area contributed by atoms with E-state index >= 15 is 0 Å². The van der Waals surface area contributed by atoms with Crippen LogP contribution in [0, 0.1) is 40.4 Å². The Kier molecular flexibility index (Phi) is 5.26. The van der Waals surface area contributed by atoms with E-state index in [4.69, 9.17) is 5.26 Å². The quantitative estimate of drug-likeness (QED) is 0.573. The van der Waals surface area contributed by atoms with Crippen LogP contribution in [0.5, 0.6) is 0 Å². The highest BCUT2D eigenvalue weighted by Crippen LogP contribution is 2.65. The molecule has 6 rings (SSSR count). The largest absolute Gasteiger partial charge is 0.393 e. The Morgan fingerprint density at radius 3 is 2.32 bits per heavy atom. The first-order valence-electron chi connectivity index (χ1n) is 13.0. The van der Waals surface area contributed by atoms with Gasteiger partial charge in [0.2, 0.25) is 0 Å². The SMILES string of the molecule is C[C@]12C[C@H](c3ccc(-c4ccc(C#N)cc4)cc3)[C@H]3[C@@H](CCC4=CC(=O)CC[C@@H]43)[C@@H]1CC[C@@H]2O. The fraction of sp³-hybridized carbons (Fsp3) is 0.484. The summed E-state index contributed by atoms with van der Waals surface area (Å²) in [5, 5.41) is 20.1. The number of benzene rings is 2. The van der Waals surface area contributed by atoms with Crippen LogP contribution in [0.1, 0.15) is 68.9 Å². The lowest BCUT2D eigenvalue weighted by Gasteiger charge is -2.57. The summed E-state index contributed by atoms with van der Waals surface area (Å²) in [4.78, 5) is 12.2. The lowest BCUT2D eigenvalue weighted by Crippen LogP contribution is -2.50. The number of nitriles is 1. The van der Waals surface area contributed by atoms with Crippen molar-refractivity contribution in [1.29, 1.82) is 5.26 Å². The minimum absolute atomic E-state index is 0.0106. The molecule has 0 bridgehead atoms. The molecule has 0 spiro atoms. The van der Waals surface area contributed by atoms with Gasteiger partial charge in [-0.05, 0) is 108 Å². The third-order valence-electron chi connectivity index (χ3n) is 9.94. The molecular formula is C31H33NO2. The summed E-state index contributed by atoms with van der Waals surface area (Å²) in [6, 6.07) is 19.0. The second-order valence-corrected chi connectivity index (χ2v) is 11.4. The third-order valence-corrected chi connectivity index (χ3v) is 9.94. The van der Waals surface area contributed by atoms with E-state index in [9.17, 15) is 9.90 Å². The summed E-state index contributed by atoms with van der Waals surface area (Å²) in [5.41, 5.74) is 5.74. The molecule has 3 nitrogen and oxygen atoms in total. The number of aliphatic hydroxyl groups excluding tert-OH is 1. The van der Waals surface area contributed by atoms with Gasteiger partial charge in [0.05, 0.1) is 17.7 Å². The molecule has 0 amide bonds. The predicted octanol–water partition coefficient (Wildman–Crippen LogP) is 6.42. The number of hydrogen-bond acceptors (Lipinski definition) is 3. The van der Waals surface area contributed by atoms with E-state index in [2.05, 4.69) is 37.3 Å². The molecule has 2 aromatic carbocycles. The first-order valence-corrected chi connectivity index (χ1v) is 13.0. The molecule has 34 heavy (non-hydrogen) atoms. The molecular weight excluding hydrogens is 418 g/mol. The maximum Gasteiger partial charge on any atom is 0.155 e. The highest BCUT2D eigenvalue weighted by atomic mass is 16.3. The minimum Gasteiger partial charge on any atom is -0.393 e. The Morgan fingerprint density at radius 1 is 0.912 bits per heavy atom. The summed E-state index contributed by atoms with van der Waals surface area (Å²) in [6.07, 6.45) is 8.79. The molecule has 0 radical (unpaired) electrons. The molecule has 1 N–H and O–H groups in total. The van der Waals surface area contributed by atoms with Crippen LogP contribution in [-0.4, -0.2) is 17.0 Å². The van der Waals surface area contributed by atoms with Gasteiger partial charge in [-0.2, -0.15) is 5.26 Å². The number of fused-ring (bicyclic) bond motifs is 5. The molecule has 3 fully saturated rings. The maximum atomic E-state index is 12.2. The minimum atomic E-state index is -0.205. The van der Waals surface area contributed by atoms with Crippen molar-refractivity contribution in [1.82, 2.24) is 0 Å². The van der Waals surface area contributed by atoms with Gasteiger partial charge in [-0.3, -0.25) is 4.79 Å². The van der Waals surface area contributed by atoms with Gasteiger partial charge >= 0.3 is 0 Å². The van der Waals surface area contributed by atoms with Gasteiger partial charge in [0.25, 0.3) is 0 Å². The van der Waals surface area contributed by atoms with E-state index in [0.717, 1.165) is 49.7 Å². The van der Waals surface area contributed by atoms with Gasteiger partial charge in [0.15, 0.2) is 5.78 Å². The molecule has 0 heterocycles. The van der Waals surface area contributed by atoms with Gasteiger partial charge in [0.1, 0.15) is 0 Å². The Labute approximate surface area is 202 Å².